The number of hydrogen-bond acceptors (Lipinski definition) is 5. The Balaban J connectivity index is 1.89. The molecule has 1 aromatic carbocycles. The molecule has 0 radical (unpaired) electrons. The first-order valence-electron chi connectivity index (χ1n) is 9.02. The molecule has 1 aliphatic heterocycles. The number of carbonyl (C=O) groups excluding carboxylic acids is 1. The molecule has 1 amide bonds. The molecule has 1 saturated heterocycles. The van der Waals surface area contributed by atoms with Crippen LogP contribution < -0.4 is 10.0 Å². The zero-order valence-corrected chi connectivity index (χ0v) is 17.1. The molecule has 2 heterocycles. The van der Waals surface area contributed by atoms with E-state index in [0.717, 1.165) is 21.1 Å². The van der Waals surface area contributed by atoms with Gasteiger partial charge in [0.05, 0.1) is 17.4 Å². The van der Waals surface area contributed by atoms with E-state index >= 15 is 0 Å². The van der Waals surface area contributed by atoms with Crippen molar-refractivity contribution in [2.75, 3.05) is 12.4 Å². The quantitative estimate of drug-likeness (QED) is 0.663. The SMILES string of the molecule is CCn1cc([C@@H]2C[C@@H](C(=O)Nc3cc(C)ccc3O)N(C)S(=O)(=O)N2)c(C)n1. The second-order valence-electron chi connectivity index (χ2n) is 6.98. The fourth-order valence-corrected chi connectivity index (χ4v) is 4.58. The number of aryl methyl sites for hydroxylation is 3. The minimum Gasteiger partial charge on any atom is -0.506 e. The van der Waals surface area contributed by atoms with Gasteiger partial charge >= 0.3 is 0 Å². The van der Waals surface area contributed by atoms with Gasteiger partial charge in [-0.05, 0) is 44.9 Å². The summed E-state index contributed by atoms with van der Waals surface area (Å²) in [6.07, 6.45) is 2.04. The summed E-state index contributed by atoms with van der Waals surface area (Å²) in [6.45, 7) is 6.25. The van der Waals surface area contributed by atoms with Crippen LogP contribution in [0.5, 0.6) is 5.75 Å². The predicted octanol–water partition coefficient (Wildman–Crippen LogP) is 1.44. The average molecular weight is 407 g/mol. The second kappa shape index (κ2) is 7.53. The van der Waals surface area contributed by atoms with Gasteiger partial charge in [0.15, 0.2) is 0 Å². The van der Waals surface area contributed by atoms with Crippen LogP contribution in [-0.4, -0.2) is 46.6 Å². The number of phenolic OH excluding ortho intramolecular Hbond substituents is 1. The first kappa shape index (κ1) is 20.3. The largest absolute Gasteiger partial charge is 0.506 e. The van der Waals surface area contributed by atoms with Crippen molar-refractivity contribution in [3.05, 3.63) is 41.2 Å². The monoisotopic (exact) mass is 407 g/mol. The maximum Gasteiger partial charge on any atom is 0.280 e. The van der Waals surface area contributed by atoms with Gasteiger partial charge in [-0.25, -0.2) is 0 Å². The Morgan fingerprint density at radius 2 is 2.11 bits per heavy atom. The van der Waals surface area contributed by atoms with Gasteiger partial charge in [-0.1, -0.05) is 6.07 Å². The summed E-state index contributed by atoms with van der Waals surface area (Å²) in [4.78, 5) is 12.9. The Morgan fingerprint density at radius 1 is 1.39 bits per heavy atom. The lowest BCUT2D eigenvalue weighted by molar-refractivity contribution is -0.120. The molecule has 2 atom stereocenters. The fourth-order valence-electron chi connectivity index (χ4n) is 3.32. The molecular weight excluding hydrogens is 382 g/mol. The second-order valence-corrected chi connectivity index (χ2v) is 8.74. The van der Waals surface area contributed by atoms with Crippen molar-refractivity contribution in [2.45, 2.75) is 45.8 Å². The van der Waals surface area contributed by atoms with Crippen molar-refractivity contribution >= 4 is 21.8 Å². The van der Waals surface area contributed by atoms with Crippen LogP contribution in [0.25, 0.3) is 0 Å². The van der Waals surface area contributed by atoms with Gasteiger partial charge < -0.3 is 10.4 Å². The van der Waals surface area contributed by atoms with Crippen molar-refractivity contribution in [3.8, 4) is 5.75 Å². The van der Waals surface area contributed by atoms with Crippen LogP contribution in [0.3, 0.4) is 0 Å². The van der Waals surface area contributed by atoms with Crippen LogP contribution in [0.1, 0.15) is 36.2 Å². The first-order valence-corrected chi connectivity index (χ1v) is 10.5. The van der Waals surface area contributed by atoms with Crippen LogP contribution in [0.15, 0.2) is 24.4 Å². The van der Waals surface area contributed by atoms with Crippen molar-refractivity contribution in [3.63, 3.8) is 0 Å². The molecule has 28 heavy (non-hydrogen) atoms. The third-order valence-corrected chi connectivity index (χ3v) is 6.56. The molecule has 152 valence electrons. The topological polar surface area (TPSA) is 117 Å². The van der Waals surface area contributed by atoms with E-state index in [0.29, 0.717) is 6.54 Å². The number of likely N-dealkylation sites (N-methyl/N-ethyl adjacent to an activating group) is 1. The smallest absolute Gasteiger partial charge is 0.280 e. The molecule has 1 fully saturated rings. The summed E-state index contributed by atoms with van der Waals surface area (Å²) in [7, 11) is -2.49. The Kier molecular flexibility index (Phi) is 5.46. The number of hydrogen-bond donors (Lipinski definition) is 3. The lowest BCUT2D eigenvalue weighted by Crippen LogP contribution is -2.56. The summed E-state index contributed by atoms with van der Waals surface area (Å²) >= 11 is 0. The van der Waals surface area contributed by atoms with Crippen LogP contribution in [0.2, 0.25) is 0 Å². The molecule has 2 aromatic rings. The van der Waals surface area contributed by atoms with E-state index in [1.165, 1.54) is 13.1 Å². The Morgan fingerprint density at radius 3 is 2.75 bits per heavy atom. The van der Waals surface area contributed by atoms with Gasteiger partial charge in [-0.3, -0.25) is 9.48 Å². The van der Waals surface area contributed by atoms with E-state index in [1.54, 1.807) is 23.0 Å². The van der Waals surface area contributed by atoms with E-state index < -0.39 is 28.2 Å². The summed E-state index contributed by atoms with van der Waals surface area (Å²) < 4.78 is 30.6. The van der Waals surface area contributed by atoms with Crippen LogP contribution in [0, 0.1) is 13.8 Å². The standard InChI is InChI=1S/C18H25N5O4S/c1-5-23-10-13(12(3)20-23)14-9-16(22(4)28(26,27)21-14)18(25)19-15-8-11(2)6-7-17(15)24/h6-8,10,14,16,21,24H,5,9H2,1-4H3,(H,19,25)/t14-,16-/m0/s1. The number of rotatable bonds is 4. The molecule has 0 spiro atoms. The van der Waals surface area contributed by atoms with Gasteiger partial charge in [-0.2, -0.15) is 22.5 Å². The summed E-state index contributed by atoms with van der Waals surface area (Å²) in [6, 6.07) is 3.34. The maximum atomic E-state index is 12.9. The van der Waals surface area contributed by atoms with Crippen LogP contribution in [0.4, 0.5) is 5.69 Å². The van der Waals surface area contributed by atoms with Crippen LogP contribution >= 0.6 is 0 Å². The average Bonchev–Trinajstić information content (AvgIpc) is 3.01. The van der Waals surface area contributed by atoms with Crippen molar-refractivity contribution in [1.82, 2.24) is 18.8 Å². The molecule has 0 saturated carbocycles. The summed E-state index contributed by atoms with van der Waals surface area (Å²) in [5.41, 5.74) is 2.57. The number of nitrogens with one attached hydrogen (secondary N) is 2. The van der Waals surface area contributed by atoms with Crippen molar-refractivity contribution < 1.29 is 18.3 Å². The molecule has 1 aliphatic rings. The van der Waals surface area contributed by atoms with E-state index in [2.05, 4.69) is 15.1 Å². The third-order valence-electron chi connectivity index (χ3n) is 4.96. The molecule has 0 bridgehead atoms. The number of carbonyl (C=O) groups is 1. The minimum absolute atomic E-state index is 0.0741. The normalized spacial score (nSPS) is 22.1. The number of aromatic nitrogens is 2. The van der Waals surface area contributed by atoms with E-state index in [-0.39, 0.29) is 17.9 Å². The highest BCUT2D eigenvalue weighted by Crippen LogP contribution is 2.31. The highest BCUT2D eigenvalue weighted by molar-refractivity contribution is 7.87. The molecule has 3 N–H and O–H groups in total. The molecule has 9 nitrogen and oxygen atoms in total. The van der Waals surface area contributed by atoms with Crippen molar-refractivity contribution in [2.24, 2.45) is 0 Å². The molecule has 0 unspecified atom stereocenters. The van der Waals surface area contributed by atoms with Gasteiger partial charge in [0.2, 0.25) is 5.91 Å². The highest BCUT2D eigenvalue weighted by Gasteiger charge is 2.41. The van der Waals surface area contributed by atoms with Gasteiger partial charge in [0.1, 0.15) is 11.8 Å². The molecular formula is C18H25N5O4S. The number of aromatic hydroxyl groups is 1. The lowest BCUT2D eigenvalue weighted by Gasteiger charge is -2.36. The van der Waals surface area contributed by atoms with Crippen molar-refractivity contribution in [1.29, 1.82) is 0 Å². The Labute approximate surface area is 164 Å². The number of amides is 1. The first-order chi connectivity index (χ1) is 13.1. The number of phenols is 1. The lowest BCUT2D eigenvalue weighted by atomic mass is 10.00. The third kappa shape index (κ3) is 3.89. The minimum atomic E-state index is -3.85. The molecule has 0 aliphatic carbocycles. The van der Waals surface area contributed by atoms with Gasteiger partial charge in [0.25, 0.3) is 10.2 Å². The van der Waals surface area contributed by atoms with E-state index in [9.17, 15) is 18.3 Å². The number of benzene rings is 1. The molecule has 3 rings (SSSR count). The van der Waals surface area contributed by atoms with E-state index in [1.807, 2.05) is 20.8 Å². The number of anilines is 1. The fraction of sp³-hybridized carbons (Fsp3) is 0.444. The van der Waals surface area contributed by atoms with Crippen LogP contribution in [-0.2, 0) is 21.5 Å². The van der Waals surface area contributed by atoms with E-state index in [4.69, 9.17) is 0 Å². The number of nitrogens with zero attached hydrogens (tertiary/aromatic N) is 3. The molecule has 10 heteroatoms. The summed E-state index contributed by atoms with van der Waals surface area (Å²) in [5, 5.41) is 17.0. The van der Waals surface area contributed by atoms with Gasteiger partial charge in [0, 0.05) is 25.4 Å². The zero-order chi connectivity index (χ0) is 20.6. The van der Waals surface area contributed by atoms with Gasteiger partial charge in [-0.15, -0.1) is 0 Å². The zero-order valence-electron chi connectivity index (χ0n) is 16.3. The maximum absolute atomic E-state index is 12.9. The Hall–Kier alpha value is -2.43. The predicted molar refractivity (Wildman–Crippen MR) is 105 cm³/mol. The highest BCUT2D eigenvalue weighted by atomic mass is 32.2. The molecule has 1 aromatic heterocycles. The summed E-state index contributed by atoms with van der Waals surface area (Å²) in [5.74, 6) is -0.575. The Bertz CT molecular complexity index is 1000.